The van der Waals surface area contributed by atoms with E-state index in [9.17, 15) is 19.8 Å². The van der Waals surface area contributed by atoms with Crippen molar-refractivity contribution in [2.45, 2.75) is 103 Å². The van der Waals surface area contributed by atoms with Gasteiger partial charge in [-0.05, 0) is 56.2 Å². The molecule has 1 aromatic carbocycles. The number of allylic oxidation sites excluding steroid dienone is 2. The van der Waals surface area contributed by atoms with E-state index in [1.807, 2.05) is 0 Å². The summed E-state index contributed by atoms with van der Waals surface area (Å²) in [4.78, 5) is 23.6. The summed E-state index contributed by atoms with van der Waals surface area (Å²) < 4.78 is 5.03. The molecule has 1 aromatic rings. The number of unbranched alkanes of at least 4 members (excludes halogenated alkanes) is 11. The lowest BCUT2D eigenvalue weighted by Gasteiger charge is -2.07. The molecule has 0 spiro atoms. The van der Waals surface area contributed by atoms with Gasteiger partial charge in [0.15, 0.2) is 18.1 Å². The van der Waals surface area contributed by atoms with Crippen LogP contribution in [0.3, 0.4) is 0 Å². The van der Waals surface area contributed by atoms with E-state index in [-0.39, 0.29) is 30.0 Å². The summed E-state index contributed by atoms with van der Waals surface area (Å²) in [6, 6.07) is 4.54. The molecule has 0 bridgehead atoms. The molecule has 0 unspecified atom stereocenters. The van der Waals surface area contributed by atoms with E-state index in [0.717, 1.165) is 31.2 Å². The van der Waals surface area contributed by atoms with Crippen LogP contribution in [-0.2, 0) is 20.7 Å². The first-order valence-electron chi connectivity index (χ1n) is 13.1. The third-order valence-corrected chi connectivity index (χ3v) is 5.78. The van der Waals surface area contributed by atoms with E-state index in [0.29, 0.717) is 19.4 Å². The minimum atomic E-state index is -0.346. The summed E-state index contributed by atoms with van der Waals surface area (Å²) in [7, 11) is 0. The smallest absolute Gasteiger partial charge is 0.306 e. The lowest BCUT2D eigenvalue weighted by Crippen LogP contribution is -2.30. The second-order valence-corrected chi connectivity index (χ2v) is 8.92. The minimum absolute atomic E-state index is 0.175. The average molecular weight is 476 g/mol. The molecule has 192 valence electrons. The van der Waals surface area contributed by atoms with E-state index < -0.39 is 0 Å². The highest BCUT2D eigenvalue weighted by atomic mass is 16.5. The fourth-order valence-electron chi connectivity index (χ4n) is 3.68. The first-order valence-corrected chi connectivity index (χ1v) is 13.1. The van der Waals surface area contributed by atoms with Gasteiger partial charge in [0.2, 0.25) is 0 Å². The maximum absolute atomic E-state index is 11.8. The summed E-state index contributed by atoms with van der Waals surface area (Å²) in [5, 5.41) is 21.4. The highest BCUT2D eigenvalue weighted by Crippen LogP contribution is 2.24. The zero-order valence-electron chi connectivity index (χ0n) is 21.0. The molecule has 6 heteroatoms. The van der Waals surface area contributed by atoms with Gasteiger partial charge in [0.1, 0.15) is 0 Å². The standard InChI is InChI=1S/C28H45NO5/c1-2-3-4-5-6-7-8-9-10-11-12-13-14-15-16-17-28(33)34-23-27(32)29-21-20-24-18-19-25(30)26(31)22-24/h9-10,18-19,22,30-31H,2-8,11-17,20-21,23H2,1H3,(H,29,32)/b10-9-. The van der Waals surface area contributed by atoms with Crippen molar-refractivity contribution in [1.29, 1.82) is 0 Å². The lowest BCUT2D eigenvalue weighted by molar-refractivity contribution is -0.148. The number of hydrogen-bond acceptors (Lipinski definition) is 5. The van der Waals surface area contributed by atoms with Crippen LogP contribution in [0.4, 0.5) is 0 Å². The van der Waals surface area contributed by atoms with Gasteiger partial charge < -0.3 is 20.3 Å². The number of amides is 1. The predicted molar refractivity (Wildman–Crippen MR) is 137 cm³/mol. The number of rotatable bonds is 20. The van der Waals surface area contributed by atoms with E-state index in [1.54, 1.807) is 6.07 Å². The first-order chi connectivity index (χ1) is 16.5. The topological polar surface area (TPSA) is 95.9 Å². The molecule has 0 aliphatic heterocycles. The predicted octanol–water partition coefficient (Wildman–Crippen LogP) is 6.34. The van der Waals surface area contributed by atoms with Crippen molar-refractivity contribution in [3.8, 4) is 11.5 Å². The molecular formula is C28H45NO5. The van der Waals surface area contributed by atoms with Gasteiger partial charge in [-0.25, -0.2) is 0 Å². The molecule has 1 rings (SSSR count). The Balaban J connectivity index is 1.90. The number of phenols is 2. The monoisotopic (exact) mass is 475 g/mol. The third-order valence-electron chi connectivity index (χ3n) is 5.78. The Morgan fingerprint density at radius 2 is 1.47 bits per heavy atom. The van der Waals surface area contributed by atoms with E-state index in [2.05, 4.69) is 24.4 Å². The molecule has 0 saturated heterocycles. The Labute approximate surface area is 205 Å². The number of ether oxygens (including phenoxy) is 1. The van der Waals surface area contributed by atoms with Crippen molar-refractivity contribution in [2.24, 2.45) is 0 Å². The van der Waals surface area contributed by atoms with Gasteiger partial charge in [-0.3, -0.25) is 9.59 Å². The largest absolute Gasteiger partial charge is 0.504 e. The number of hydrogen-bond donors (Lipinski definition) is 3. The fourth-order valence-corrected chi connectivity index (χ4v) is 3.68. The molecule has 0 atom stereocenters. The summed E-state index contributed by atoms with van der Waals surface area (Å²) in [6.07, 6.45) is 21.2. The van der Waals surface area contributed by atoms with E-state index in [1.165, 1.54) is 69.9 Å². The molecular weight excluding hydrogens is 430 g/mol. The molecule has 0 heterocycles. The number of aromatic hydroxyl groups is 2. The molecule has 34 heavy (non-hydrogen) atoms. The summed E-state index contributed by atoms with van der Waals surface area (Å²) in [6.45, 7) is 2.33. The van der Waals surface area contributed by atoms with Gasteiger partial charge >= 0.3 is 5.97 Å². The zero-order chi connectivity index (χ0) is 24.9. The molecule has 6 nitrogen and oxygen atoms in total. The maximum atomic E-state index is 11.8. The van der Waals surface area contributed by atoms with Crippen LogP contribution in [0.2, 0.25) is 0 Å². The number of phenolic OH excluding ortho intramolecular Hbond substituents is 2. The molecule has 0 fully saturated rings. The Hall–Kier alpha value is -2.50. The Morgan fingerprint density at radius 3 is 2.12 bits per heavy atom. The van der Waals surface area contributed by atoms with Crippen LogP contribution in [0.5, 0.6) is 11.5 Å². The molecule has 0 saturated carbocycles. The van der Waals surface area contributed by atoms with Crippen molar-refractivity contribution in [3.05, 3.63) is 35.9 Å². The number of nitrogens with one attached hydrogen (secondary N) is 1. The number of carbonyl (C=O) groups excluding carboxylic acids is 2. The molecule has 0 aromatic heterocycles. The second kappa shape index (κ2) is 19.9. The van der Waals surface area contributed by atoms with Gasteiger partial charge in [0.25, 0.3) is 5.91 Å². The van der Waals surface area contributed by atoms with Crippen molar-refractivity contribution in [1.82, 2.24) is 5.32 Å². The number of carbonyl (C=O) groups is 2. The first kappa shape index (κ1) is 29.5. The minimum Gasteiger partial charge on any atom is -0.504 e. The van der Waals surface area contributed by atoms with Crippen LogP contribution in [-0.4, -0.2) is 35.2 Å². The summed E-state index contributed by atoms with van der Waals surface area (Å²) >= 11 is 0. The van der Waals surface area contributed by atoms with Crippen molar-refractivity contribution in [3.63, 3.8) is 0 Å². The van der Waals surface area contributed by atoms with E-state index in [4.69, 9.17) is 4.74 Å². The van der Waals surface area contributed by atoms with Crippen LogP contribution in [0.25, 0.3) is 0 Å². The number of benzene rings is 1. The summed E-state index contributed by atoms with van der Waals surface area (Å²) in [5.41, 5.74) is 0.789. The van der Waals surface area contributed by atoms with Crippen LogP contribution < -0.4 is 5.32 Å². The quantitative estimate of drug-likeness (QED) is 0.0885. The third kappa shape index (κ3) is 16.2. The van der Waals surface area contributed by atoms with Crippen molar-refractivity contribution in [2.75, 3.05) is 13.2 Å². The maximum Gasteiger partial charge on any atom is 0.306 e. The van der Waals surface area contributed by atoms with Gasteiger partial charge in [0, 0.05) is 13.0 Å². The Morgan fingerprint density at radius 1 is 0.853 bits per heavy atom. The Kier molecular flexibility index (Phi) is 17.3. The average Bonchev–Trinajstić information content (AvgIpc) is 2.82. The molecule has 1 amide bonds. The molecule has 0 aliphatic carbocycles. The van der Waals surface area contributed by atoms with Crippen LogP contribution in [0.15, 0.2) is 30.4 Å². The van der Waals surface area contributed by atoms with Crippen molar-refractivity contribution >= 4 is 11.9 Å². The highest BCUT2D eigenvalue weighted by Gasteiger charge is 2.07. The van der Waals surface area contributed by atoms with Crippen LogP contribution >= 0.6 is 0 Å². The van der Waals surface area contributed by atoms with Gasteiger partial charge in [0.05, 0.1) is 0 Å². The van der Waals surface area contributed by atoms with Crippen LogP contribution in [0.1, 0.15) is 102 Å². The Bertz CT molecular complexity index is 717. The zero-order valence-corrected chi connectivity index (χ0v) is 21.0. The van der Waals surface area contributed by atoms with Crippen molar-refractivity contribution < 1.29 is 24.5 Å². The van der Waals surface area contributed by atoms with Crippen LogP contribution in [0, 0.1) is 0 Å². The van der Waals surface area contributed by atoms with Gasteiger partial charge in [-0.15, -0.1) is 0 Å². The van der Waals surface area contributed by atoms with E-state index >= 15 is 0 Å². The normalized spacial score (nSPS) is 11.1. The molecule has 0 aliphatic rings. The fraction of sp³-hybridized carbons (Fsp3) is 0.643. The number of esters is 1. The molecule has 3 N–H and O–H groups in total. The molecule has 0 radical (unpaired) electrons. The SMILES string of the molecule is CCCCCCCC/C=C\CCCCCCCC(=O)OCC(=O)NCCc1ccc(O)c(O)c1. The summed E-state index contributed by atoms with van der Waals surface area (Å²) in [5.74, 6) is -1.04. The van der Waals surface area contributed by atoms with Gasteiger partial charge in [-0.2, -0.15) is 0 Å². The van der Waals surface area contributed by atoms with Gasteiger partial charge in [-0.1, -0.05) is 76.5 Å². The second-order valence-electron chi connectivity index (χ2n) is 8.92. The highest BCUT2D eigenvalue weighted by molar-refractivity contribution is 5.80. The lowest BCUT2D eigenvalue weighted by atomic mass is 10.1.